The van der Waals surface area contributed by atoms with Gasteiger partial charge < -0.3 is 27.9 Å². The first kappa shape index (κ1) is 56.5. The molecule has 0 aromatic heterocycles. The van der Waals surface area contributed by atoms with Gasteiger partial charge in [0.05, 0.1) is 27.7 Å². The second kappa shape index (κ2) is 40.9. The van der Waals surface area contributed by atoms with E-state index in [-0.39, 0.29) is 32.0 Å². The van der Waals surface area contributed by atoms with Crippen LogP contribution < -0.4 is 4.89 Å². The molecule has 0 spiro atoms. The maximum Gasteiger partial charge on any atom is 0.306 e. The van der Waals surface area contributed by atoms with Crippen LogP contribution >= 0.6 is 7.82 Å². The number of carbonyl (C=O) groups is 2. The van der Waals surface area contributed by atoms with Crippen LogP contribution in [0.4, 0.5) is 0 Å². The van der Waals surface area contributed by atoms with Gasteiger partial charge in [0.2, 0.25) is 0 Å². The van der Waals surface area contributed by atoms with Gasteiger partial charge in [0.25, 0.3) is 7.82 Å². The summed E-state index contributed by atoms with van der Waals surface area (Å²) in [6, 6.07) is 0. The van der Waals surface area contributed by atoms with Gasteiger partial charge in [0, 0.05) is 12.8 Å². The lowest BCUT2D eigenvalue weighted by molar-refractivity contribution is -0.870. The van der Waals surface area contributed by atoms with Crippen LogP contribution in [0.5, 0.6) is 0 Å². The molecule has 0 aromatic carbocycles. The number of quaternary nitrogens is 1. The molecular formula is C48H92NO8P. The van der Waals surface area contributed by atoms with E-state index in [1.54, 1.807) is 0 Å². The van der Waals surface area contributed by atoms with Crippen molar-refractivity contribution < 1.29 is 42.1 Å². The summed E-state index contributed by atoms with van der Waals surface area (Å²) in [6.45, 7) is 4.23. The van der Waals surface area contributed by atoms with Gasteiger partial charge in [0.15, 0.2) is 6.10 Å². The molecule has 0 saturated carbocycles. The third-order valence-electron chi connectivity index (χ3n) is 10.4. The Hall–Kier alpha value is -1.51. The van der Waals surface area contributed by atoms with Crippen LogP contribution in [0.25, 0.3) is 0 Å². The monoisotopic (exact) mass is 842 g/mol. The fourth-order valence-electron chi connectivity index (χ4n) is 6.64. The Kier molecular flexibility index (Phi) is 39.8. The van der Waals surface area contributed by atoms with Crippen LogP contribution in [0.1, 0.15) is 219 Å². The van der Waals surface area contributed by atoms with Crippen LogP contribution in [0.15, 0.2) is 24.3 Å². The molecule has 10 heteroatoms. The number of carbonyl (C=O) groups excluding carboxylic acids is 2. The number of likely N-dealkylation sites (N-methyl/N-ethyl adjacent to an activating group) is 1. The highest BCUT2D eigenvalue weighted by atomic mass is 31.2. The van der Waals surface area contributed by atoms with Crippen molar-refractivity contribution in [2.45, 2.75) is 225 Å². The minimum absolute atomic E-state index is 0.0310. The molecule has 342 valence electrons. The van der Waals surface area contributed by atoms with E-state index in [9.17, 15) is 19.0 Å². The first-order valence-electron chi connectivity index (χ1n) is 24.0. The van der Waals surface area contributed by atoms with Crippen molar-refractivity contribution >= 4 is 19.8 Å². The predicted molar refractivity (Wildman–Crippen MR) is 241 cm³/mol. The molecule has 0 aliphatic heterocycles. The van der Waals surface area contributed by atoms with E-state index < -0.39 is 26.5 Å². The van der Waals surface area contributed by atoms with Crippen molar-refractivity contribution in [1.82, 2.24) is 0 Å². The Morgan fingerprint density at radius 3 is 1.28 bits per heavy atom. The second-order valence-corrected chi connectivity index (χ2v) is 18.9. The molecule has 0 N–H and O–H groups in total. The van der Waals surface area contributed by atoms with Crippen LogP contribution in [0, 0.1) is 0 Å². The van der Waals surface area contributed by atoms with Gasteiger partial charge in [-0.2, -0.15) is 0 Å². The number of nitrogens with zero attached hydrogens (tertiary/aromatic N) is 1. The zero-order valence-corrected chi connectivity index (χ0v) is 39.4. The standard InChI is InChI=1S/C48H92NO8P/c1-6-8-10-12-14-16-18-20-22-24-26-28-30-32-34-36-38-40-47(50)54-44-46(45-56-58(52,53)55-43-42-49(3,4)5)57-48(51)41-39-37-35-33-31-29-27-25-23-21-19-17-15-13-11-9-7-2/h20-23,46H,6-19,24-45H2,1-5H3/b22-20+,23-21+. The lowest BCUT2D eigenvalue weighted by atomic mass is 10.1. The van der Waals surface area contributed by atoms with Gasteiger partial charge in [-0.05, 0) is 64.2 Å². The lowest BCUT2D eigenvalue weighted by Crippen LogP contribution is -2.37. The van der Waals surface area contributed by atoms with Crippen molar-refractivity contribution in [3.05, 3.63) is 24.3 Å². The fraction of sp³-hybridized carbons (Fsp3) is 0.875. The van der Waals surface area contributed by atoms with Crippen molar-refractivity contribution in [1.29, 1.82) is 0 Å². The summed E-state index contributed by atoms with van der Waals surface area (Å²) in [5, 5.41) is 0. The minimum atomic E-state index is -4.63. The van der Waals surface area contributed by atoms with Crippen molar-refractivity contribution in [3.8, 4) is 0 Å². The highest BCUT2D eigenvalue weighted by Crippen LogP contribution is 2.38. The number of hydrogen-bond donors (Lipinski definition) is 0. The molecule has 0 amide bonds. The number of unbranched alkanes of at least 4 members (excludes halogenated alkanes) is 26. The molecule has 0 fully saturated rings. The number of esters is 2. The number of phosphoric acid groups is 1. The molecule has 2 atom stereocenters. The van der Waals surface area contributed by atoms with Crippen molar-refractivity contribution in [3.63, 3.8) is 0 Å². The van der Waals surface area contributed by atoms with E-state index in [2.05, 4.69) is 38.2 Å². The highest BCUT2D eigenvalue weighted by molar-refractivity contribution is 7.45. The first-order chi connectivity index (χ1) is 28.0. The normalized spacial score (nSPS) is 13.7. The minimum Gasteiger partial charge on any atom is -0.756 e. The Labute approximate surface area is 358 Å². The van der Waals surface area contributed by atoms with Gasteiger partial charge in [-0.3, -0.25) is 14.2 Å². The zero-order valence-electron chi connectivity index (χ0n) is 38.5. The Morgan fingerprint density at radius 1 is 0.517 bits per heavy atom. The van der Waals surface area contributed by atoms with Crippen LogP contribution in [-0.2, 0) is 32.7 Å². The zero-order chi connectivity index (χ0) is 42.8. The maximum absolute atomic E-state index is 12.7. The number of rotatable bonds is 44. The van der Waals surface area contributed by atoms with Gasteiger partial charge >= 0.3 is 11.9 Å². The van der Waals surface area contributed by atoms with Crippen LogP contribution in [-0.4, -0.2) is 70.0 Å². The molecule has 0 bridgehead atoms. The summed E-state index contributed by atoms with van der Waals surface area (Å²) in [7, 11) is 1.17. The van der Waals surface area contributed by atoms with Gasteiger partial charge in [0.1, 0.15) is 19.8 Å². The topological polar surface area (TPSA) is 111 Å². The summed E-state index contributed by atoms with van der Waals surface area (Å²) in [5.41, 5.74) is 0. The lowest BCUT2D eigenvalue weighted by Gasteiger charge is -2.28. The van der Waals surface area contributed by atoms with Crippen molar-refractivity contribution in [2.24, 2.45) is 0 Å². The summed E-state index contributed by atoms with van der Waals surface area (Å²) >= 11 is 0. The summed E-state index contributed by atoms with van der Waals surface area (Å²) < 4.78 is 34.0. The molecule has 0 aliphatic carbocycles. The van der Waals surface area contributed by atoms with E-state index in [1.165, 1.54) is 128 Å². The molecule has 58 heavy (non-hydrogen) atoms. The van der Waals surface area contributed by atoms with E-state index in [0.29, 0.717) is 17.4 Å². The summed E-state index contributed by atoms with van der Waals surface area (Å²) in [4.78, 5) is 37.6. The number of ether oxygens (including phenoxy) is 2. The Bertz CT molecular complexity index is 1040. The molecule has 0 radical (unpaired) electrons. The SMILES string of the molecule is CCCCCCCC/C=C/CCCCCCCCCC(=O)OCC(COP(=O)([O-])OCC[N+](C)(C)C)OC(=O)CCCCCCCCC/C=C/CCCCCCCC. The molecule has 0 rings (SSSR count). The van der Waals surface area contributed by atoms with Crippen LogP contribution in [0.3, 0.4) is 0 Å². The summed E-state index contributed by atoms with van der Waals surface area (Å²) in [5.74, 6) is -0.837. The molecular weight excluding hydrogens is 750 g/mol. The Balaban J connectivity index is 4.30. The van der Waals surface area contributed by atoms with E-state index in [0.717, 1.165) is 57.8 Å². The van der Waals surface area contributed by atoms with Gasteiger partial charge in [-0.15, -0.1) is 0 Å². The quantitative estimate of drug-likeness (QED) is 0.0196. The molecule has 0 aliphatic rings. The highest BCUT2D eigenvalue weighted by Gasteiger charge is 2.21. The second-order valence-electron chi connectivity index (χ2n) is 17.5. The van der Waals surface area contributed by atoms with E-state index in [4.69, 9.17) is 18.5 Å². The number of allylic oxidation sites excluding steroid dienone is 4. The molecule has 0 heterocycles. The van der Waals surface area contributed by atoms with E-state index in [1.807, 2.05) is 21.1 Å². The smallest absolute Gasteiger partial charge is 0.306 e. The first-order valence-corrected chi connectivity index (χ1v) is 25.5. The number of phosphoric ester groups is 1. The summed E-state index contributed by atoms with van der Waals surface area (Å²) in [6.07, 6.45) is 44.8. The maximum atomic E-state index is 12.7. The largest absolute Gasteiger partial charge is 0.756 e. The average Bonchev–Trinajstić information content (AvgIpc) is 3.17. The predicted octanol–water partition coefficient (Wildman–Crippen LogP) is 13.3. The Morgan fingerprint density at radius 2 is 0.879 bits per heavy atom. The average molecular weight is 842 g/mol. The van der Waals surface area contributed by atoms with E-state index >= 15 is 0 Å². The van der Waals surface area contributed by atoms with Gasteiger partial charge in [-0.25, -0.2) is 0 Å². The third kappa shape index (κ3) is 44.1. The molecule has 9 nitrogen and oxygen atoms in total. The van der Waals surface area contributed by atoms with Crippen LogP contribution in [0.2, 0.25) is 0 Å². The number of hydrogen-bond acceptors (Lipinski definition) is 8. The van der Waals surface area contributed by atoms with Gasteiger partial charge in [-0.1, -0.05) is 167 Å². The fourth-order valence-corrected chi connectivity index (χ4v) is 7.37. The molecule has 2 unspecified atom stereocenters. The molecule has 0 saturated heterocycles. The third-order valence-corrected chi connectivity index (χ3v) is 11.4. The van der Waals surface area contributed by atoms with Crippen molar-refractivity contribution in [2.75, 3.05) is 47.5 Å². The molecule has 0 aromatic rings.